The molecule has 28 heavy (non-hydrogen) atoms. The second-order valence-corrected chi connectivity index (χ2v) is 6.70. The predicted molar refractivity (Wildman–Crippen MR) is 101 cm³/mol. The molecule has 0 radical (unpaired) electrons. The number of pyridine rings is 1. The van der Waals surface area contributed by atoms with E-state index < -0.39 is 11.5 Å². The maximum atomic E-state index is 14.3. The SMILES string of the molecule is CN1C(=O)[C@]2(N=C1N)c1ccccc1Oc1ccc(-c3cccnc3F)cc12. The number of carbonyl (C=O) groups excluding carboxylic acids is 1. The summed E-state index contributed by atoms with van der Waals surface area (Å²) in [6.45, 7) is 0. The van der Waals surface area contributed by atoms with Crippen LogP contribution in [0.25, 0.3) is 11.1 Å². The zero-order chi connectivity index (χ0) is 19.5. The van der Waals surface area contributed by atoms with Crippen LogP contribution in [0.1, 0.15) is 11.1 Å². The van der Waals surface area contributed by atoms with Crippen molar-refractivity contribution < 1.29 is 13.9 Å². The van der Waals surface area contributed by atoms with Crippen LogP contribution < -0.4 is 10.5 Å². The fourth-order valence-electron chi connectivity index (χ4n) is 3.78. The number of hydrogen-bond acceptors (Lipinski definition) is 5. The van der Waals surface area contributed by atoms with Gasteiger partial charge in [-0.25, -0.2) is 9.98 Å². The summed E-state index contributed by atoms with van der Waals surface area (Å²) >= 11 is 0. The van der Waals surface area contributed by atoms with Gasteiger partial charge in [-0.2, -0.15) is 4.39 Å². The van der Waals surface area contributed by atoms with Crippen LogP contribution in [-0.4, -0.2) is 28.8 Å². The summed E-state index contributed by atoms with van der Waals surface area (Å²) in [5, 5.41) is 0. The van der Waals surface area contributed by atoms with E-state index in [9.17, 15) is 9.18 Å². The summed E-state index contributed by atoms with van der Waals surface area (Å²) in [6.07, 6.45) is 1.39. The Bertz CT molecular complexity index is 1180. The largest absolute Gasteiger partial charge is 0.457 e. The van der Waals surface area contributed by atoms with Gasteiger partial charge in [-0.3, -0.25) is 9.69 Å². The van der Waals surface area contributed by atoms with Gasteiger partial charge in [-0.15, -0.1) is 0 Å². The highest BCUT2D eigenvalue weighted by Crippen LogP contribution is 2.52. The minimum Gasteiger partial charge on any atom is -0.457 e. The average molecular weight is 374 g/mol. The van der Waals surface area contributed by atoms with E-state index in [0.29, 0.717) is 33.8 Å². The van der Waals surface area contributed by atoms with Crippen molar-refractivity contribution in [3.63, 3.8) is 0 Å². The molecular weight excluding hydrogens is 359 g/mol. The molecule has 1 spiro atoms. The van der Waals surface area contributed by atoms with Crippen LogP contribution in [0, 0.1) is 5.95 Å². The summed E-state index contributed by atoms with van der Waals surface area (Å²) in [7, 11) is 1.58. The lowest BCUT2D eigenvalue weighted by atomic mass is 9.79. The molecule has 2 aliphatic rings. The molecule has 6 nitrogen and oxygen atoms in total. The van der Waals surface area contributed by atoms with Crippen molar-refractivity contribution in [2.75, 3.05) is 7.05 Å². The van der Waals surface area contributed by atoms with Gasteiger partial charge in [0.05, 0.1) is 0 Å². The number of benzene rings is 2. The molecular formula is C21H15FN4O2. The molecule has 0 saturated carbocycles. The minimum absolute atomic E-state index is 0.116. The van der Waals surface area contributed by atoms with Gasteiger partial charge in [0.1, 0.15) is 11.5 Å². The van der Waals surface area contributed by atoms with Gasteiger partial charge in [0, 0.05) is 29.9 Å². The minimum atomic E-state index is -1.36. The van der Waals surface area contributed by atoms with Gasteiger partial charge in [-0.05, 0) is 35.9 Å². The quantitative estimate of drug-likeness (QED) is 0.664. The second-order valence-electron chi connectivity index (χ2n) is 6.70. The van der Waals surface area contributed by atoms with Gasteiger partial charge >= 0.3 is 0 Å². The molecule has 2 aromatic carbocycles. The van der Waals surface area contributed by atoms with E-state index in [-0.39, 0.29) is 11.9 Å². The van der Waals surface area contributed by atoms with E-state index in [2.05, 4.69) is 9.98 Å². The third kappa shape index (κ3) is 2.04. The van der Waals surface area contributed by atoms with E-state index in [1.54, 1.807) is 49.5 Å². The zero-order valence-corrected chi connectivity index (χ0v) is 14.9. The number of rotatable bonds is 1. The summed E-state index contributed by atoms with van der Waals surface area (Å²) < 4.78 is 20.3. The van der Waals surface area contributed by atoms with Crippen LogP contribution >= 0.6 is 0 Å². The second kappa shape index (κ2) is 5.63. The van der Waals surface area contributed by atoms with E-state index in [1.165, 1.54) is 11.1 Å². The van der Waals surface area contributed by atoms with Crippen LogP contribution in [0.5, 0.6) is 11.5 Å². The first-order valence-corrected chi connectivity index (χ1v) is 8.68. The van der Waals surface area contributed by atoms with Gasteiger partial charge in [0.2, 0.25) is 11.5 Å². The maximum absolute atomic E-state index is 14.3. The third-order valence-corrected chi connectivity index (χ3v) is 5.18. The third-order valence-electron chi connectivity index (χ3n) is 5.18. The number of likely N-dealkylation sites (N-methyl/N-ethyl adjacent to an activating group) is 1. The Balaban J connectivity index is 1.81. The van der Waals surface area contributed by atoms with Crippen LogP contribution in [0.3, 0.4) is 0 Å². The molecule has 1 atom stereocenters. The van der Waals surface area contributed by atoms with Crippen molar-refractivity contribution in [2.45, 2.75) is 5.54 Å². The van der Waals surface area contributed by atoms with E-state index >= 15 is 0 Å². The summed E-state index contributed by atoms with van der Waals surface area (Å²) in [4.78, 5) is 22.9. The number of carbonyl (C=O) groups is 1. The Kier molecular flexibility index (Phi) is 3.30. The normalized spacial score (nSPS) is 19.9. The number of hydrogen-bond donors (Lipinski definition) is 1. The molecule has 7 heteroatoms. The van der Waals surface area contributed by atoms with E-state index in [1.807, 2.05) is 12.1 Å². The maximum Gasteiger partial charge on any atom is 0.266 e. The molecule has 1 amide bonds. The van der Waals surface area contributed by atoms with Crippen molar-refractivity contribution in [1.29, 1.82) is 0 Å². The number of aliphatic imine (C=N–C) groups is 1. The van der Waals surface area contributed by atoms with Crippen molar-refractivity contribution in [1.82, 2.24) is 9.88 Å². The molecule has 1 aromatic heterocycles. The standard InChI is InChI=1S/C21H15FN4O2/c1-26-19(27)21(25-20(26)23)14-6-2-3-7-16(14)28-17-9-8-12(11-15(17)21)13-5-4-10-24-18(13)22/h2-11H,1H3,(H2,23,25)/t21-/m0/s1. The lowest BCUT2D eigenvalue weighted by Gasteiger charge is -2.33. The van der Waals surface area contributed by atoms with Gasteiger partial charge < -0.3 is 10.5 Å². The summed E-state index contributed by atoms with van der Waals surface area (Å²) in [5.41, 5.74) is 6.66. The van der Waals surface area contributed by atoms with E-state index in [4.69, 9.17) is 10.5 Å². The number of amides is 1. The van der Waals surface area contributed by atoms with Crippen LogP contribution in [0.4, 0.5) is 4.39 Å². The summed E-state index contributed by atoms with van der Waals surface area (Å²) in [6, 6.07) is 15.7. The molecule has 5 rings (SSSR count). The highest BCUT2D eigenvalue weighted by molar-refractivity contribution is 6.10. The molecule has 138 valence electrons. The predicted octanol–water partition coefficient (Wildman–Crippen LogP) is 3.02. The fourth-order valence-corrected chi connectivity index (χ4v) is 3.78. The number of halogens is 1. The van der Waals surface area contributed by atoms with Crippen molar-refractivity contribution in [3.05, 3.63) is 77.9 Å². The Labute approximate surface area is 160 Å². The lowest BCUT2D eigenvalue weighted by Crippen LogP contribution is -2.42. The Morgan fingerprint density at radius 3 is 2.61 bits per heavy atom. The van der Waals surface area contributed by atoms with Crippen molar-refractivity contribution >= 4 is 11.9 Å². The topological polar surface area (TPSA) is 80.8 Å². The monoisotopic (exact) mass is 374 g/mol. The van der Waals surface area contributed by atoms with Crippen LogP contribution in [-0.2, 0) is 10.3 Å². The molecule has 0 aliphatic carbocycles. The fraction of sp³-hybridized carbons (Fsp3) is 0.0952. The number of fused-ring (bicyclic) bond motifs is 4. The van der Waals surface area contributed by atoms with Gasteiger partial charge in [-0.1, -0.05) is 24.3 Å². The molecule has 3 aromatic rings. The molecule has 0 fully saturated rings. The molecule has 0 saturated heterocycles. The number of aromatic nitrogens is 1. The summed E-state index contributed by atoms with van der Waals surface area (Å²) in [5.74, 6) is 0.255. The first-order valence-electron chi connectivity index (χ1n) is 8.68. The number of nitrogens with two attached hydrogens (primary N) is 1. The highest BCUT2D eigenvalue weighted by atomic mass is 19.1. The first kappa shape index (κ1) is 16.4. The Morgan fingerprint density at radius 2 is 1.86 bits per heavy atom. The van der Waals surface area contributed by atoms with Crippen LogP contribution in [0.15, 0.2) is 65.8 Å². The zero-order valence-electron chi connectivity index (χ0n) is 14.9. The van der Waals surface area contributed by atoms with Gasteiger partial charge in [0.25, 0.3) is 5.91 Å². The lowest BCUT2D eigenvalue weighted by molar-refractivity contribution is -0.129. The average Bonchev–Trinajstić information content (AvgIpc) is 2.93. The molecule has 2 aliphatic heterocycles. The number of para-hydroxylation sites is 1. The number of ether oxygens (including phenoxy) is 1. The van der Waals surface area contributed by atoms with Crippen molar-refractivity contribution in [2.24, 2.45) is 10.7 Å². The first-order chi connectivity index (χ1) is 13.5. The molecule has 0 bridgehead atoms. The van der Waals surface area contributed by atoms with E-state index in [0.717, 1.165) is 0 Å². The molecule has 2 N–H and O–H groups in total. The highest BCUT2D eigenvalue weighted by Gasteiger charge is 2.54. The molecule has 3 heterocycles. The van der Waals surface area contributed by atoms with Crippen LogP contribution in [0.2, 0.25) is 0 Å². The smallest absolute Gasteiger partial charge is 0.266 e. The Hall–Kier alpha value is -3.74. The van der Waals surface area contributed by atoms with Crippen molar-refractivity contribution in [3.8, 4) is 22.6 Å². The van der Waals surface area contributed by atoms with Gasteiger partial charge in [0.15, 0.2) is 5.96 Å². The Morgan fingerprint density at radius 1 is 1.07 bits per heavy atom. The number of nitrogens with zero attached hydrogens (tertiary/aromatic N) is 3. The molecule has 0 unspecified atom stereocenters. The number of guanidine groups is 1.